The molecule has 23 heavy (non-hydrogen) atoms. The molecule has 3 aromatic rings. The molecule has 0 saturated carbocycles. The van der Waals surface area contributed by atoms with E-state index in [0.717, 1.165) is 31.3 Å². The summed E-state index contributed by atoms with van der Waals surface area (Å²) in [5.41, 5.74) is 0.635. The van der Waals surface area contributed by atoms with Crippen LogP contribution in [-0.2, 0) is 0 Å². The Morgan fingerprint density at radius 2 is 2.13 bits per heavy atom. The van der Waals surface area contributed by atoms with Crippen LogP contribution in [0.2, 0.25) is 0 Å². The molecule has 1 aliphatic rings. The van der Waals surface area contributed by atoms with Crippen molar-refractivity contribution in [2.75, 3.05) is 13.1 Å². The van der Waals surface area contributed by atoms with Crippen LogP contribution in [0.4, 0.5) is 4.39 Å². The monoisotopic (exact) mass is 311 g/mol. The SMILES string of the molecule is Fc1c(C([C@@H]2CCCNC2)n2ncnn2)ccc2ccccc12. The summed E-state index contributed by atoms with van der Waals surface area (Å²) in [6.45, 7) is 1.84. The van der Waals surface area contributed by atoms with E-state index in [1.54, 1.807) is 4.80 Å². The first-order chi connectivity index (χ1) is 11.3. The lowest BCUT2D eigenvalue weighted by molar-refractivity contribution is 0.257. The van der Waals surface area contributed by atoms with Crippen LogP contribution in [-0.4, -0.2) is 33.3 Å². The van der Waals surface area contributed by atoms with Gasteiger partial charge in [0.15, 0.2) is 6.33 Å². The molecule has 1 unspecified atom stereocenters. The molecule has 1 aromatic heterocycles. The van der Waals surface area contributed by atoms with Gasteiger partial charge in [-0.25, -0.2) is 4.39 Å². The predicted molar refractivity (Wildman–Crippen MR) is 85.5 cm³/mol. The maximum absolute atomic E-state index is 15.2. The first-order valence-electron chi connectivity index (χ1n) is 7.95. The van der Waals surface area contributed by atoms with Gasteiger partial charge in [-0.15, -0.1) is 10.2 Å². The number of halogens is 1. The van der Waals surface area contributed by atoms with Gasteiger partial charge in [0.25, 0.3) is 0 Å². The fourth-order valence-corrected chi connectivity index (χ4v) is 3.50. The smallest absolute Gasteiger partial charge is 0.162 e. The maximum atomic E-state index is 15.2. The van der Waals surface area contributed by atoms with E-state index in [4.69, 9.17) is 0 Å². The normalized spacial score (nSPS) is 19.8. The molecule has 2 heterocycles. The lowest BCUT2D eigenvalue weighted by Gasteiger charge is -2.30. The second kappa shape index (κ2) is 6.04. The highest BCUT2D eigenvalue weighted by Crippen LogP contribution is 2.34. The molecule has 0 spiro atoms. The molecule has 2 atom stereocenters. The summed E-state index contributed by atoms with van der Waals surface area (Å²) in [6.07, 6.45) is 3.50. The molecule has 5 nitrogen and oxygen atoms in total. The van der Waals surface area contributed by atoms with Crippen molar-refractivity contribution in [2.24, 2.45) is 5.92 Å². The third-order valence-electron chi connectivity index (χ3n) is 4.61. The van der Waals surface area contributed by atoms with E-state index in [9.17, 15) is 0 Å². The average molecular weight is 311 g/mol. The van der Waals surface area contributed by atoms with Crippen LogP contribution in [0.5, 0.6) is 0 Å². The van der Waals surface area contributed by atoms with Gasteiger partial charge in [0.05, 0.1) is 0 Å². The Kier molecular flexibility index (Phi) is 3.75. The Labute approximate surface area is 133 Å². The van der Waals surface area contributed by atoms with Crippen LogP contribution >= 0.6 is 0 Å². The number of benzene rings is 2. The molecule has 4 rings (SSSR count). The molecular formula is C17H18FN5. The number of fused-ring (bicyclic) bond motifs is 1. The number of nitrogens with zero attached hydrogens (tertiary/aromatic N) is 4. The molecule has 6 heteroatoms. The minimum Gasteiger partial charge on any atom is -0.316 e. The molecular weight excluding hydrogens is 293 g/mol. The summed E-state index contributed by atoms with van der Waals surface area (Å²) in [4.78, 5) is 1.55. The zero-order valence-corrected chi connectivity index (χ0v) is 12.7. The number of hydrogen-bond acceptors (Lipinski definition) is 4. The van der Waals surface area contributed by atoms with Gasteiger partial charge >= 0.3 is 0 Å². The highest BCUT2D eigenvalue weighted by atomic mass is 19.1. The van der Waals surface area contributed by atoms with Gasteiger partial charge in [-0.2, -0.15) is 4.80 Å². The van der Waals surface area contributed by atoms with Crippen LogP contribution in [0.3, 0.4) is 0 Å². The van der Waals surface area contributed by atoms with Gasteiger partial charge in [0.1, 0.15) is 11.9 Å². The first kappa shape index (κ1) is 14.3. The van der Waals surface area contributed by atoms with E-state index >= 15 is 4.39 Å². The number of piperidine rings is 1. The quantitative estimate of drug-likeness (QED) is 0.807. The van der Waals surface area contributed by atoms with E-state index in [1.165, 1.54) is 6.33 Å². The molecule has 1 fully saturated rings. The Balaban J connectivity index is 1.84. The second-order valence-corrected chi connectivity index (χ2v) is 6.00. The molecule has 0 aliphatic carbocycles. The van der Waals surface area contributed by atoms with E-state index < -0.39 is 0 Å². The third kappa shape index (κ3) is 2.59. The number of aromatic nitrogens is 4. The average Bonchev–Trinajstić information content (AvgIpc) is 3.13. The molecule has 0 bridgehead atoms. The molecule has 0 amide bonds. The van der Waals surface area contributed by atoms with Crippen LogP contribution in [0.15, 0.2) is 42.7 Å². The van der Waals surface area contributed by atoms with Crippen molar-refractivity contribution in [1.29, 1.82) is 0 Å². The minimum atomic E-state index is -0.241. The maximum Gasteiger partial charge on any atom is 0.162 e. The van der Waals surface area contributed by atoms with Gasteiger partial charge in [-0.3, -0.25) is 0 Å². The van der Waals surface area contributed by atoms with Gasteiger partial charge < -0.3 is 5.32 Å². The number of nitrogens with one attached hydrogen (secondary N) is 1. The first-order valence-corrected chi connectivity index (χ1v) is 7.95. The Hall–Kier alpha value is -2.34. The van der Waals surface area contributed by atoms with Crippen LogP contribution < -0.4 is 5.32 Å². The summed E-state index contributed by atoms with van der Waals surface area (Å²) in [5.74, 6) is 0.0598. The van der Waals surface area contributed by atoms with Crippen molar-refractivity contribution < 1.29 is 4.39 Å². The fraction of sp³-hybridized carbons (Fsp3) is 0.353. The topological polar surface area (TPSA) is 55.6 Å². The van der Waals surface area contributed by atoms with Crippen molar-refractivity contribution in [3.63, 3.8) is 0 Å². The molecule has 1 N–H and O–H groups in total. The number of hydrogen-bond donors (Lipinski definition) is 1. The molecule has 118 valence electrons. The van der Waals surface area contributed by atoms with E-state index in [-0.39, 0.29) is 17.8 Å². The molecule has 0 radical (unpaired) electrons. The zero-order valence-electron chi connectivity index (χ0n) is 12.7. The Bertz CT molecular complexity index is 796. The standard InChI is InChI=1S/C17H18FN5/c18-16-14-6-2-1-4-12(14)7-8-15(16)17(23-21-11-20-22-23)13-5-3-9-19-10-13/h1-2,4,6-8,11,13,17,19H,3,5,9-10H2/t13-,17?/m1/s1. The van der Waals surface area contributed by atoms with Gasteiger partial charge in [0.2, 0.25) is 0 Å². The molecule has 1 aliphatic heterocycles. The molecule has 2 aromatic carbocycles. The van der Waals surface area contributed by atoms with Gasteiger partial charge in [0, 0.05) is 17.5 Å². The van der Waals surface area contributed by atoms with Crippen molar-refractivity contribution in [3.8, 4) is 0 Å². The summed E-state index contributed by atoms with van der Waals surface area (Å²) < 4.78 is 15.2. The second-order valence-electron chi connectivity index (χ2n) is 6.00. The number of tetrazole rings is 1. The summed E-state index contributed by atoms with van der Waals surface area (Å²) in [7, 11) is 0. The summed E-state index contributed by atoms with van der Waals surface area (Å²) in [6, 6.07) is 11.1. The van der Waals surface area contributed by atoms with Gasteiger partial charge in [-0.1, -0.05) is 36.4 Å². The highest BCUT2D eigenvalue weighted by Gasteiger charge is 2.30. The zero-order chi connectivity index (χ0) is 15.6. The largest absolute Gasteiger partial charge is 0.316 e. The van der Waals surface area contributed by atoms with E-state index in [0.29, 0.717) is 10.9 Å². The fourth-order valence-electron chi connectivity index (χ4n) is 3.50. The third-order valence-corrected chi connectivity index (χ3v) is 4.61. The lowest BCUT2D eigenvalue weighted by atomic mass is 9.86. The van der Waals surface area contributed by atoms with E-state index in [2.05, 4.69) is 20.7 Å². The summed E-state index contributed by atoms with van der Waals surface area (Å²) in [5, 5.41) is 17.0. The van der Waals surface area contributed by atoms with Crippen molar-refractivity contribution >= 4 is 10.8 Å². The van der Waals surface area contributed by atoms with Crippen LogP contribution in [0.1, 0.15) is 24.4 Å². The Morgan fingerprint density at radius 3 is 2.91 bits per heavy atom. The van der Waals surface area contributed by atoms with Gasteiger partial charge in [-0.05, 0) is 35.9 Å². The molecule has 1 saturated heterocycles. The minimum absolute atomic E-state index is 0.184. The Morgan fingerprint density at radius 1 is 1.22 bits per heavy atom. The van der Waals surface area contributed by atoms with Crippen molar-refractivity contribution in [3.05, 3.63) is 54.1 Å². The van der Waals surface area contributed by atoms with Crippen LogP contribution in [0.25, 0.3) is 10.8 Å². The number of rotatable bonds is 3. The predicted octanol–water partition coefficient (Wildman–Crippen LogP) is 2.55. The summed E-state index contributed by atoms with van der Waals surface area (Å²) >= 11 is 0. The van der Waals surface area contributed by atoms with Crippen LogP contribution in [0, 0.1) is 11.7 Å². The van der Waals surface area contributed by atoms with E-state index in [1.807, 2.05) is 36.4 Å². The lowest BCUT2D eigenvalue weighted by Crippen LogP contribution is -2.36. The van der Waals surface area contributed by atoms with Crippen molar-refractivity contribution in [1.82, 2.24) is 25.5 Å². The highest BCUT2D eigenvalue weighted by molar-refractivity contribution is 5.83. The van der Waals surface area contributed by atoms with Crippen molar-refractivity contribution in [2.45, 2.75) is 18.9 Å².